The minimum Gasteiger partial charge on any atom is -0.211 e. The van der Waals surface area contributed by atoms with Crippen molar-refractivity contribution < 1.29 is 4.39 Å². The molecule has 0 bridgehead atoms. The quantitative estimate of drug-likeness (QED) is 0.478. The Kier molecular flexibility index (Phi) is 0.539. The van der Waals surface area contributed by atoms with Gasteiger partial charge >= 0.3 is 0 Å². The minimum atomic E-state index is 0.00463. The fourth-order valence-corrected chi connectivity index (χ4v) is 0.338. The first kappa shape index (κ1) is 3.34. The standard InChI is InChI=1S/C3H2BrF/c4-2-1-3(2)5/h1H2. The molecule has 0 amide bonds. The second kappa shape index (κ2) is 0.805. The van der Waals surface area contributed by atoms with Crippen molar-refractivity contribution in [3.63, 3.8) is 0 Å². The fourth-order valence-electron chi connectivity index (χ4n) is 0.0921. The normalized spacial score (nSPS) is 20.4. The van der Waals surface area contributed by atoms with Gasteiger partial charge in [0.15, 0.2) is 0 Å². The molecular formula is C3H2BrF. The van der Waals surface area contributed by atoms with Crippen LogP contribution in [0.25, 0.3) is 0 Å². The van der Waals surface area contributed by atoms with Crippen molar-refractivity contribution >= 4 is 15.9 Å². The van der Waals surface area contributed by atoms with Gasteiger partial charge in [-0.2, -0.15) is 0 Å². The molecule has 1 rings (SSSR count). The molecule has 1 aliphatic carbocycles. The van der Waals surface area contributed by atoms with E-state index in [9.17, 15) is 4.39 Å². The van der Waals surface area contributed by atoms with Crippen LogP contribution in [0.5, 0.6) is 0 Å². The molecule has 0 heterocycles. The highest BCUT2D eigenvalue weighted by Crippen LogP contribution is 2.36. The fraction of sp³-hybridized carbons (Fsp3) is 0.333. The molecular weight excluding hydrogens is 135 g/mol. The van der Waals surface area contributed by atoms with Crippen LogP contribution in [0.3, 0.4) is 0 Å². The first-order chi connectivity index (χ1) is 2.30. The monoisotopic (exact) mass is 136 g/mol. The summed E-state index contributed by atoms with van der Waals surface area (Å²) in [6.07, 6.45) is 0.556. The Morgan fingerprint density at radius 1 is 1.80 bits per heavy atom. The highest BCUT2D eigenvalue weighted by molar-refractivity contribution is 9.12. The van der Waals surface area contributed by atoms with Gasteiger partial charge in [0.25, 0.3) is 0 Å². The summed E-state index contributed by atoms with van der Waals surface area (Å²) in [6, 6.07) is 0. The number of rotatable bonds is 0. The van der Waals surface area contributed by atoms with Crippen LogP contribution in [-0.4, -0.2) is 0 Å². The van der Waals surface area contributed by atoms with Gasteiger partial charge in [-0.15, -0.1) is 0 Å². The summed E-state index contributed by atoms with van der Waals surface area (Å²) >= 11 is 2.95. The van der Waals surface area contributed by atoms with Crippen molar-refractivity contribution in [1.29, 1.82) is 0 Å². The second-order valence-electron chi connectivity index (χ2n) is 0.987. The highest BCUT2D eigenvalue weighted by Gasteiger charge is 2.16. The zero-order valence-electron chi connectivity index (χ0n) is 2.46. The van der Waals surface area contributed by atoms with E-state index in [1.54, 1.807) is 0 Å². The molecule has 0 saturated heterocycles. The van der Waals surface area contributed by atoms with Crippen molar-refractivity contribution in [2.45, 2.75) is 6.42 Å². The van der Waals surface area contributed by atoms with Gasteiger partial charge in [0, 0.05) is 10.9 Å². The number of hydrogen-bond donors (Lipinski definition) is 0. The Balaban J connectivity index is 2.59. The SMILES string of the molecule is FC1=C(Br)C1. The lowest BCUT2D eigenvalue weighted by atomic mass is 10.9. The van der Waals surface area contributed by atoms with Crippen LogP contribution in [0.4, 0.5) is 4.39 Å². The van der Waals surface area contributed by atoms with Gasteiger partial charge < -0.3 is 0 Å². The molecule has 0 aromatic heterocycles. The summed E-state index contributed by atoms with van der Waals surface area (Å²) in [7, 11) is 0. The van der Waals surface area contributed by atoms with Gasteiger partial charge in [-0.25, -0.2) is 4.39 Å². The largest absolute Gasteiger partial charge is 0.211 e. The van der Waals surface area contributed by atoms with Gasteiger partial charge in [0.2, 0.25) is 0 Å². The van der Waals surface area contributed by atoms with Gasteiger partial charge in [-0.05, 0) is 0 Å². The van der Waals surface area contributed by atoms with Crippen LogP contribution >= 0.6 is 15.9 Å². The molecule has 0 atom stereocenters. The zero-order chi connectivity index (χ0) is 3.86. The van der Waals surface area contributed by atoms with Gasteiger partial charge in [-0.3, -0.25) is 0 Å². The van der Waals surface area contributed by atoms with Crippen molar-refractivity contribution in [2.75, 3.05) is 0 Å². The summed E-state index contributed by atoms with van der Waals surface area (Å²) in [5.74, 6) is 0.00463. The average Bonchev–Trinajstić information content (AvgIpc) is 1.79. The summed E-state index contributed by atoms with van der Waals surface area (Å²) < 4.78 is 12.1. The van der Waals surface area contributed by atoms with Crippen molar-refractivity contribution in [1.82, 2.24) is 0 Å². The smallest absolute Gasteiger partial charge is 0.115 e. The summed E-state index contributed by atoms with van der Waals surface area (Å²) in [5, 5.41) is 0. The van der Waals surface area contributed by atoms with Crippen molar-refractivity contribution in [3.8, 4) is 0 Å². The first-order valence-electron chi connectivity index (χ1n) is 1.34. The van der Waals surface area contributed by atoms with Crippen molar-refractivity contribution in [3.05, 3.63) is 10.3 Å². The number of hydrogen-bond acceptors (Lipinski definition) is 0. The predicted molar refractivity (Wildman–Crippen MR) is 21.7 cm³/mol. The van der Waals surface area contributed by atoms with Gasteiger partial charge in [-0.1, -0.05) is 15.9 Å². The predicted octanol–water partition coefficient (Wildman–Crippen LogP) is 1.97. The van der Waals surface area contributed by atoms with Crippen LogP contribution < -0.4 is 0 Å². The van der Waals surface area contributed by atoms with Crippen LogP contribution in [0.2, 0.25) is 0 Å². The van der Waals surface area contributed by atoms with E-state index < -0.39 is 0 Å². The highest BCUT2D eigenvalue weighted by atomic mass is 79.9. The maximum absolute atomic E-state index is 11.3. The molecule has 0 nitrogen and oxygen atoms in total. The minimum absolute atomic E-state index is 0.00463. The molecule has 28 valence electrons. The van der Waals surface area contributed by atoms with Crippen LogP contribution in [-0.2, 0) is 0 Å². The molecule has 0 saturated carbocycles. The molecule has 0 aromatic carbocycles. The maximum atomic E-state index is 11.3. The van der Waals surface area contributed by atoms with Crippen LogP contribution in [0.15, 0.2) is 10.3 Å². The Labute approximate surface area is 37.8 Å². The Hall–Kier alpha value is 0.150. The molecule has 0 radical (unpaired) electrons. The Morgan fingerprint density at radius 2 is 2.00 bits per heavy atom. The zero-order valence-corrected chi connectivity index (χ0v) is 4.05. The van der Waals surface area contributed by atoms with E-state index >= 15 is 0 Å². The molecule has 5 heavy (non-hydrogen) atoms. The maximum Gasteiger partial charge on any atom is 0.115 e. The molecule has 0 spiro atoms. The summed E-state index contributed by atoms with van der Waals surface area (Å²) in [5.41, 5.74) is 0. The van der Waals surface area contributed by atoms with E-state index in [2.05, 4.69) is 15.9 Å². The first-order valence-corrected chi connectivity index (χ1v) is 2.13. The Bertz CT molecular complexity index is 74.9. The van der Waals surface area contributed by atoms with E-state index in [-0.39, 0.29) is 5.83 Å². The third kappa shape index (κ3) is 0.507. The lowest BCUT2D eigenvalue weighted by Gasteiger charge is -1.42. The van der Waals surface area contributed by atoms with E-state index in [1.807, 2.05) is 0 Å². The third-order valence-electron chi connectivity index (χ3n) is 0.480. The number of allylic oxidation sites excluding steroid dienone is 2. The molecule has 0 N–H and O–H groups in total. The summed E-state index contributed by atoms with van der Waals surface area (Å²) in [4.78, 5) is 0. The number of halogens is 2. The van der Waals surface area contributed by atoms with E-state index in [1.165, 1.54) is 0 Å². The van der Waals surface area contributed by atoms with Gasteiger partial charge in [0.05, 0.1) is 0 Å². The lowest BCUT2D eigenvalue weighted by molar-refractivity contribution is 0.671. The lowest BCUT2D eigenvalue weighted by Crippen LogP contribution is -1.21. The molecule has 0 fully saturated rings. The second-order valence-corrected chi connectivity index (χ2v) is 1.94. The molecule has 0 aliphatic heterocycles. The third-order valence-corrected chi connectivity index (χ3v) is 1.19. The van der Waals surface area contributed by atoms with E-state index in [0.717, 1.165) is 4.48 Å². The topological polar surface area (TPSA) is 0 Å². The van der Waals surface area contributed by atoms with E-state index in [4.69, 9.17) is 0 Å². The molecule has 2 heteroatoms. The average molecular weight is 137 g/mol. The van der Waals surface area contributed by atoms with Gasteiger partial charge in [0.1, 0.15) is 5.83 Å². The van der Waals surface area contributed by atoms with Crippen LogP contribution in [0, 0.1) is 0 Å². The Morgan fingerprint density at radius 3 is 2.00 bits per heavy atom. The molecule has 0 unspecified atom stereocenters. The molecule has 1 aliphatic rings. The van der Waals surface area contributed by atoms with E-state index in [0.29, 0.717) is 6.42 Å². The van der Waals surface area contributed by atoms with Crippen molar-refractivity contribution in [2.24, 2.45) is 0 Å². The van der Waals surface area contributed by atoms with Crippen LogP contribution in [0.1, 0.15) is 6.42 Å². The summed E-state index contributed by atoms with van der Waals surface area (Å²) in [6.45, 7) is 0. The molecule has 0 aromatic rings.